The maximum atomic E-state index is 13.1. The molecule has 1 aromatic heterocycles. The Balaban J connectivity index is 1.59. The van der Waals surface area contributed by atoms with Gasteiger partial charge in [0.1, 0.15) is 17.1 Å². The Labute approximate surface area is 185 Å². The van der Waals surface area contributed by atoms with Gasteiger partial charge >= 0.3 is 0 Å². The molecule has 2 aromatic carbocycles. The third kappa shape index (κ3) is 4.69. The molecule has 0 unspecified atom stereocenters. The molecule has 4 rings (SSSR count). The molecule has 1 saturated heterocycles. The lowest BCUT2D eigenvalue weighted by Crippen LogP contribution is -2.30. The second-order valence-electron chi connectivity index (χ2n) is 7.07. The quantitative estimate of drug-likeness (QED) is 0.495. The molecule has 1 aliphatic heterocycles. The number of hydrogen-bond donors (Lipinski definition) is 1. The van der Waals surface area contributed by atoms with E-state index in [1.165, 1.54) is 12.6 Å². The van der Waals surface area contributed by atoms with Crippen LogP contribution in [0.15, 0.2) is 60.9 Å². The van der Waals surface area contributed by atoms with Crippen molar-refractivity contribution in [1.29, 1.82) is 0 Å². The second-order valence-corrected chi connectivity index (χ2v) is 7.91. The minimum absolute atomic E-state index is 0.305. The van der Waals surface area contributed by atoms with Crippen molar-refractivity contribution >= 4 is 40.5 Å². The number of halogens is 2. The number of pyridine rings is 1. The summed E-state index contributed by atoms with van der Waals surface area (Å²) in [7, 11) is 0. The molecule has 7 heteroatoms. The van der Waals surface area contributed by atoms with Crippen LogP contribution < -0.4 is 15.0 Å². The molecule has 30 heavy (non-hydrogen) atoms. The number of anilines is 2. The number of hydrogen-bond acceptors (Lipinski definition) is 4. The van der Waals surface area contributed by atoms with Crippen LogP contribution in [0.3, 0.4) is 0 Å². The van der Waals surface area contributed by atoms with Gasteiger partial charge in [-0.15, -0.1) is 0 Å². The lowest BCUT2D eigenvalue weighted by molar-refractivity contribution is 0.102. The highest BCUT2D eigenvalue weighted by molar-refractivity contribution is 6.34. The molecular formula is C23H21Cl2N3O2. The van der Waals surface area contributed by atoms with E-state index in [2.05, 4.69) is 15.2 Å². The Kier molecular flexibility index (Phi) is 6.41. The van der Waals surface area contributed by atoms with Crippen LogP contribution in [-0.4, -0.2) is 24.0 Å². The van der Waals surface area contributed by atoms with Crippen LogP contribution in [0.25, 0.3) is 0 Å². The van der Waals surface area contributed by atoms with E-state index in [-0.39, 0.29) is 5.91 Å². The number of nitrogens with zero attached hydrogens (tertiary/aromatic N) is 2. The normalized spacial score (nSPS) is 13.7. The Morgan fingerprint density at radius 2 is 1.80 bits per heavy atom. The number of rotatable bonds is 5. The minimum Gasteiger partial charge on any atom is -0.455 e. The lowest BCUT2D eigenvalue weighted by Gasteiger charge is -2.30. The van der Waals surface area contributed by atoms with Gasteiger partial charge in [0.15, 0.2) is 0 Å². The number of aromatic nitrogens is 1. The van der Waals surface area contributed by atoms with Crippen molar-refractivity contribution < 1.29 is 9.53 Å². The monoisotopic (exact) mass is 441 g/mol. The number of carbonyl (C=O) groups is 1. The van der Waals surface area contributed by atoms with E-state index >= 15 is 0 Å². The number of benzene rings is 2. The smallest absolute Gasteiger partial charge is 0.261 e. The maximum Gasteiger partial charge on any atom is 0.261 e. The zero-order valence-corrected chi connectivity index (χ0v) is 17.8. The molecule has 0 saturated carbocycles. The van der Waals surface area contributed by atoms with Crippen LogP contribution in [0.4, 0.5) is 11.4 Å². The van der Waals surface area contributed by atoms with E-state index in [1.54, 1.807) is 30.5 Å². The van der Waals surface area contributed by atoms with Gasteiger partial charge in [-0.25, -0.2) is 0 Å². The molecule has 0 aliphatic carbocycles. The Hall–Kier alpha value is -2.76. The first-order valence-electron chi connectivity index (χ1n) is 9.84. The molecule has 3 aromatic rings. The van der Waals surface area contributed by atoms with Gasteiger partial charge in [-0.05, 0) is 49.6 Å². The predicted molar refractivity (Wildman–Crippen MR) is 121 cm³/mol. The largest absolute Gasteiger partial charge is 0.455 e. The van der Waals surface area contributed by atoms with Crippen LogP contribution >= 0.6 is 23.2 Å². The van der Waals surface area contributed by atoms with Crippen LogP contribution in [0.1, 0.15) is 29.6 Å². The average molecular weight is 442 g/mol. The maximum absolute atomic E-state index is 13.1. The van der Waals surface area contributed by atoms with Gasteiger partial charge in [0.05, 0.1) is 16.4 Å². The van der Waals surface area contributed by atoms with Crippen molar-refractivity contribution in [2.24, 2.45) is 0 Å². The number of para-hydroxylation sites is 2. The molecule has 154 valence electrons. The van der Waals surface area contributed by atoms with Crippen molar-refractivity contribution in [2.75, 3.05) is 23.3 Å². The number of amides is 1. The molecular weight excluding hydrogens is 421 g/mol. The highest BCUT2D eigenvalue weighted by Gasteiger charge is 2.19. The second kappa shape index (κ2) is 9.37. The van der Waals surface area contributed by atoms with E-state index in [4.69, 9.17) is 27.9 Å². The highest BCUT2D eigenvalue weighted by Crippen LogP contribution is 2.34. The standard InChI is InChI=1S/C23H21Cl2N3O2/c24-16-8-9-18(25)22(14-16)30-21-10-11-26-15-17(21)23(29)27-19-6-2-3-7-20(19)28-12-4-1-5-13-28/h2-3,6-11,14-15H,1,4-5,12-13H2,(H,27,29). The van der Waals surface area contributed by atoms with Crippen molar-refractivity contribution in [1.82, 2.24) is 4.98 Å². The molecule has 1 aliphatic rings. The zero-order chi connectivity index (χ0) is 20.9. The van der Waals surface area contributed by atoms with Crippen molar-refractivity contribution in [3.63, 3.8) is 0 Å². The van der Waals surface area contributed by atoms with E-state index in [1.807, 2.05) is 24.3 Å². The predicted octanol–water partition coefficient (Wildman–Crippen LogP) is 6.42. The van der Waals surface area contributed by atoms with Crippen LogP contribution in [0.2, 0.25) is 10.0 Å². The minimum atomic E-state index is -0.305. The summed E-state index contributed by atoms with van der Waals surface area (Å²) in [6, 6.07) is 14.4. The summed E-state index contributed by atoms with van der Waals surface area (Å²) < 4.78 is 5.90. The van der Waals surface area contributed by atoms with E-state index in [0.717, 1.165) is 37.3 Å². The van der Waals surface area contributed by atoms with Crippen molar-refractivity contribution in [3.05, 3.63) is 76.5 Å². The summed E-state index contributed by atoms with van der Waals surface area (Å²) in [4.78, 5) is 19.5. The molecule has 0 bridgehead atoms. The zero-order valence-electron chi connectivity index (χ0n) is 16.3. The average Bonchev–Trinajstić information content (AvgIpc) is 2.77. The summed E-state index contributed by atoms with van der Waals surface area (Å²) in [6.45, 7) is 1.98. The van der Waals surface area contributed by atoms with Crippen LogP contribution in [0.5, 0.6) is 11.5 Å². The summed E-state index contributed by atoms with van der Waals surface area (Å²) in [5.74, 6) is 0.418. The summed E-state index contributed by atoms with van der Waals surface area (Å²) in [5, 5.41) is 3.91. The number of nitrogens with one attached hydrogen (secondary N) is 1. The summed E-state index contributed by atoms with van der Waals surface area (Å²) >= 11 is 12.3. The Morgan fingerprint density at radius 1 is 1.00 bits per heavy atom. The first-order chi connectivity index (χ1) is 14.6. The van der Waals surface area contributed by atoms with E-state index < -0.39 is 0 Å². The molecule has 2 heterocycles. The third-order valence-corrected chi connectivity index (χ3v) is 5.54. The highest BCUT2D eigenvalue weighted by atomic mass is 35.5. The lowest BCUT2D eigenvalue weighted by atomic mass is 10.1. The van der Waals surface area contributed by atoms with Crippen molar-refractivity contribution in [3.8, 4) is 11.5 Å². The molecule has 1 amide bonds. The number of carbonyl (C=O) groups excluding carboxylic acids is 1. The molecule has 1 fully saturated rings. The molecule has 5 nitrogen and oxygen atoms in total. The fraction of sp³-hybridized carbons (Fsp3) is 0.217. The SMILES string of the molecule is O=C(Nc1ccccc1N1CCCCC1)c1cnccc1Oc1cc(Cl)ccc1Cl. The van der Waals surface area contributed by atoms with Gasteiger partial charge in [0.2, 0.25) is 0 Å². The van der Waals surface area contributed by atoms with E-state index in [0.29, 0.717) is 27.1 Å². The van der Waals surface area contributed by atoms with Gasteiger partial charge < -0.3 is 15.0 Å². The first-order valence-corrected chi connectivity index (χ1v) is 10.6. The van der Waals surface area contributed by atoms with Gasteiger partial charge in [-0.1, -0.05) is 35.3 Å². The fourth-order valence-corrected chi connectivity index (χ4v) is 3.81. The Morgan fingerprint density at radius 3 is 2.63 bits per heavy atom. The number of ether oxygens (including phenoxy) is 1. The number of piperidine rings is 1. The van der Waals surface area contributed by atoms with Gasteiger partial charge in [-0.2, -0.15) is 0 Å². The van der Waals surface area contributed by atoms with E-state index in [9.17, 15) is 4.79 Å². The van der Waals surface area contributed by atoms with Crippen molar-refractivity contribution in [2.45, 2.75) is 19.3 Å². The molecule has 0 atom stereocenters. The molecule has 1 N–H and O–H groups in total. The van der Waals surface area contributed by atoms with Crippen LogP contribution in [0, 0.1) is 0 Å². The summed E-state index contributed by atoms with van der Waals surface area (Å²) in [6.07, 6.45) is 6.60. The third-order valence-electron chi connectivity index (χ3n) is 4.99. The fourth-order valence-electron chi connectivity index (χ4n) is 3.49. The molecule has 0 radical (unpaired) electrons. The van der Waals surface area contributed by atoms with Gasteiger partial charge in [-0.3, -0.25) is 9.78 Å². The topological polar surface area (TPSA) is 54.5 Å². The van der Waals surface area contributed by atoms with Gasteiger partial charge in [0, 0.05) is 36.6 Å². The summed E-state index contributed by atoms with van der Waals surface area (Å²) in [5.41, 5.74) is 2.09. The molecule has 0 spiro atoms. The first kappa shape index (κ1) is 20.5. The Bertz CT molecular complexity index is 1050. The van der Waals surface area contributed by atoms with Crippen LogP contribution in [-0.2, 0) is 0 Å². The van der Waals surface area contributed by atoms with Gasteiger partial charge in [0.25, 0.3) is 5.91 Å².